The third-order valence-electron chi connectivity index (χ3n) is 4.55. The molecule has 0 bridgehead atoms. The van der Waals surface area contributed by atoms with Gasteiger partial charge in [0.2, 0.25) is 5.91 Å². The molecule has 2 heterocycles. The predicted molar refractivity (Wildman–Crippen MR) is 72.4 cm³/mol. The SMILES string of the molecule is CCC1(C)CCN(C(=O)C2CCNC2)CC1.Cl. The molecule has 2 saturated heterocycles. The Hall–Kier alpha value is -0.280. The number of halogens is 1. The normalized spacial score (nSPS) is 27.6. The molecule has 17 heavy (non-hydrogen) atoms. The second-order valence-electron chi connectivity index (χ2n) is 5.68. The maximum absolute atomic E-state index is 12.2. The quantitative estimate of drug-likeness (QED) is 0.824. The Morgan fingerprint density at radius 2 is 2.06 bits per heavy atom. The van der Waals surface area contributed by atoms with E-state index in [-0.39, 0.29) is 18.3 Å². The third-order valence-corrected chi connectivity index (χ3v) is 4.55. The van der Waals surface area contributed by atoms with Gasteiger partial charge in [0.1, 0.15) is 0 Å². The van der Waals surface area contributed by atoms with Crippen LogP contribution >= 0.6 is 12.4 Å². The average Bonchev–Trinajstić information content (AvgIpc) is 2.83. The van der Waals surface area contributed by atoms with E-state index in [4.69, 9.17) is 0 Å². The zero-order valence-electron chi connectivity index (χ0n) is 11.0. The number of hydrogen-bond donors (Lipinski definition) is 1. The van der Waals surface area contributed by atoms with Gasteiger partial charge in [-0.15, -0.1) is 12.4 Å². The van der Waals surface area contributed by atoms with E-state index >= 15 is 0 Å². The molecular formula is C13H25ClN2O. The topological polar surface area (TPSA) is 32.3 Å². The van der Waals surface area contributed by atoms with Gasteiger partial charge in [0.25, 0.3) is 0 Å². The van der Waals surface area contributed by atoms with Gasteiger partial charge in [0.05, 0.1) is 5.92 Å². The molecular weight excluding hydrogens is 236 g/mol. The van der Waals surface area contributed by atoms with Crippen LogP contribution in [0.2, 0.25) is 0 Å². The summed E-state index contributed by atoms with van der Waals surface area (Å²) in [6.45, 7) is 8.46. The Morgan fingerprint density at radius 3 is 2.53 bits per heavy atom. The molecule has 3 nitrogen and oxygen atoms in total. The smallest absolute Gasteiger partial charge is 0.227 e. The first-order valence-electron chi connectivity index (χ1n) is 6.64. The Balaban J connectivity index is 0.00000144. The lowest BCUT2D eigenvalue weighted by Crippen LogP contribution is -2.44. The molecule has 1 amide bonds. The molecule has 0 spiro atoms. The molecule has 4 heteroatoms. The zero-order chi connectivity index (χ0) is 11.6. The number of hydrogen-bond acceptors (Lipinski definition) is 2. The van der Waals surface area contributed by atoms with Crippen molar-refractivity contribution in [3.8, 4) is 0 Å². The summed E-state index contributed by atoms with van der Waals surface area (Å²) in [6.07, 6.45) is 4.62. The van der Waals surface area contributed by atoms with Crippen molar-refractivity contribution < 1.29 is 4.79 Å². The molecule has 0 radical (unpaired) electrons. The van der Waals surface area contributed by atoms with Gasteiger partial charge in [-0.05, 0) is 31.2 Å². The van der Waals surface area contributed by atoms with Crippen molar-refractivity contribution in [1.82, 2.24) is 10.2 Å². The minimum Gasteiger partial charge on any atom is -0.342 e. The summed E-state index contributed by atoms with van der Waals surface area (Å²) in [5.74, 6) is 0.647. The fourth-order valence-electron chi connectivity index (χ4n) is 2.74. The largest absolute Gasteiger partial charge is 0.342 e. The minimum absolute atomic E-state index is 0. The maximum atomic E-state index is 12.2. The highest BCUT2D eigenvalue weighted by Crippen LogP contribution is 2.34. The molecule has 0 aromatic rings. The lowest BCUT2D eigenvalue weighted by Gasteiger charge is -2.39. The number of amides is 1. The average molecular weight is 261 g/mol. The van der Waals surface area contributed by atoms with Gasteiger partial charge in [0, 0.05) is 19.6 Å². The zero-order valence-corrected chi connectivity index (χ0v) is 11.8. The molecule has 0 aliphatic carbocycles. The monoisotopic (exact) mass is 260 g/mol. The van der Waals surface area contributed by atoms with Crippen molar-refractivity contribution >= 4 is 18.3 Å². The second-order valence-corrected chi connectivity index (χ2v) is 5.68. The molecule has 2 fully saturated rings. The van der Waals surface area contributed by atoms with Crippen LogP contribution < -0.4 is 5.32 Å². The molecule has 100 valence electrons. The summed E-state index contributed by atoms with van der Waals surface area (Å²) in [4.78, 5) is 14.3. The van der Waals surface area contributed by atoms with Gasteiger partial charge in [-0.25, -0.2) is 0 Å². The summed E-state index contributed by atoms with van der Waals surface area (Å²) in [5, 5.41) is 3.27. The van der Waals surface area contributed by atoms with E-state index in [1.807, 2.05) is 0 Å². The van der Waals surface area contributed by atoms with Crippen LogP contribution in [0.1, 0.15) is 39.5 Å². The Bertz CT molecular complexity index is 256. The molecule has 2 rings (SSSR count). The standard InChI is InChI=1S/C13H24N2O.ClH/c1-3-13(2)5-8-15(9-6-13)12(16)11-4-7-14-10-11;/h11,14H,3-10H2,1-2H3;1H. The lowest BCUT2D eigenvalue weighted by atomic mass is 9.78. The van der Waals surface area contributed by atoms with Gasteiger partial charge < -0.3 is 10.2 Å². The van der Waals surface area contributed by atoms with Gasteiger partial charge >= 0.3 is 0 Å². The van der Waals surface area contributed by atoms with Gasteiger partial charge in [-0.1, -0.05) is 20.3 Å². The number of carbonyl (C=O) groups excluding carboxylic acids is 1. The highest BCUT2D eigenvalue weighted by Gasteiger charge is 2.33. The van der Waals surface area contributed by atoms with Gasteiger partial charge in [0.15, 0.2) is 0 Å². The number of piperidine rings is 1. The summed E-state index contributed by atoms with van der Waals surface area (Å²) >= 11 is 0. The van der Waals surface area contributed by atoms with Crippen LogP contribution in [0, 0.1) is 11.3 Å². The lowest BCUT2D eigenvalue weighted by molar-refractivity contribution is -0.137. The van der Waals surface area contributed by atoms with E-state index in [0.717, 1.165) is 32.6 Å². The second kappa shape index (κ2) is 6.05. The van der Waals surface area contributed by atoms with Crippen LogP contribution in [-0.2, 0) is 4.79 Å². The fraction of sp³-hybridized carbons (Fsp3) is 0.923. The van der Waals surface area contributed by atoms with Crippen LogP contribution in [0.3, 0.4) is 0 Å². The molecule has 2 aliphatic rings. The Labute approximate surface area is 111 Å². The van der Waals surface area contributed by atoms with Gasteiger partial charge in [-0.2, -0.15) is 0 Å². The summed E-state index contributed by atoms with van der Waals surface area (Å²) in [7, 11) is 0. The van der Waals surface area contributed by atoms with Crippen molar-refractivity contribution in [2.24, 2.45) is 11.3 Å². The molecule has 2 aliphatic heterocycles. The van der Waals surface area contributed by atoms with E-state index in [1.54, 1.807) is 0 Å². The molecule has 1 N–H and O–H groups in total. The van der Waals surface area contributed by atoms with E-state index < -0.39 is 0 Å². The predicted octanol–water partition coefficient (Wildman–Crippen LogP) is 2.06. The highest BCUT2D eigenvalue weighted by atomic mass is 35.5. The van der Waals surface area contributed by atoms with E-state index in [9.17, 15) is 4.79 Å². The Morgan fingerprint density at radius 1 is 1.41 bits per heavy atom. The minimum atomic E-state index is 0. The summed E-state index contributed by atoms with van der Waals surface area (Å²) < 4.78 is 0. The summed E-state index contributed by atoms with van der Waals surface area (Å²) in [5.41, 5.74) is 0.477. The van der Waals surface area contributed by atoms with Crippen molar-refractivity contribution in [2.75, 3.05) is 26.2 Å². The van der Waals surface area contributed by atoms with Crippen LogP contribution in [0.4, 0.5) is 0 Å². The van der Waals surface area contributed by atoms with Crippen LogP contribution in [0.15, 0.2) is 0 Å². The first-order valence-corrected chi connectivity index (χ1v) is 6.64. The van der Waals surface area contributed by atoms with Crippen LogP contribution in [0.25, 0.3) is 0 Å². The highest BCUT2D eigenvalue weighted by molar-refractivity contribution is 5.85. The summed E-state index contributed by atoms with van der Waals surface area (Å²) in [6, 6.07) is 0. The number of rotatable bonds is 2. The van der Waals surface area contributed by atoms with Crippen LogP contribution in [0.5, 0.6) is 0 Å². The first-order chi connectivity index (χ1) is 7.64. The van der Waals surface area contributed by atoms with Gasteiger partial charge in [-0.3, -0.25) is 4.79 Å². The van der Waals surface area contributed by atoms with E-state index in [1.165, 1.54) is 19.3 Å². The fourth-order valence-corrected chi connectivity index (χ4v) is 2.74. The number of nitrogens with zero attached hydrogens (tertiary/aromatic N) is 1. The number of nitrogens with one attached hydrogen (secondary N) is 1. The number of likely N-dealkylation sites (tertiary alicyclic amines) is 1. The van der Waals surface area contributed by atoms with Crippen LogP contribution in [-0.4, -0.2) is 37.0 Å². The molecule has 0 aromatic heterocycles. The Kier molecular flexibility index (Phi) is 5.26. The molecule has 1 unspecified atom stereocenters. The maximum Gasteiger partial charge on any atom is 0.227 e. The van der Waals surface area contributed by atoms with Crippen molar-refractivity contribution in [3.63, 3.8) is 0 Å². The van der Waals surface area contributed by atoms with Crippen molar-refractivity contribution in [3.05, 3.63) is 0 Å². The van der Waals surface area contributed by atoms with Crippen molar-refractivity contribution in [1.29, 1.82) is 0 Å². The molecule has 0 aromatic carbocycles. The van der Waals surface area contributed by atoms with Crippen molar-refractivity contribution in [2.45, 2.75) is 39.5 Å². The third kappa shape index (κ3) is 3.35. The van der Waals surface area contributed by atoms with E-state index in [0.29, 0.717) is 11.3 Å². The molecule has 0 saturated carbocycles. The van der Waals surface area contributed by atoms with E-state index in [2.05, 4.69) is 24.1 Å². The first kappa shape index (κ1) is 14.8. The number of carbonyl (C=O) groups is 1. The molecule has 1 atom stereocenters.